The van der Waals surface area contributed by atoms with Gasteiger partial charge >= 0.3 is 0 Å². The number of aromatic nitrogens is 1. The SMILES string of the molecule is N#Cc1ccc2[nH]cc(CCCI)c2c1. The minimum absolute atomic E-state index is 0.734. The average Bonchev–Trinajstić information content (AvgIpc) is 2.68. The van der Waals surface area contributed by atoms with E-state index in [1.807, 2.05) is 18.2 Å². The van der Waals surface area contributed by atoms with Crippen LogP contribution in [-0.2, 0) is 6.42 Å². The van der Waals surface area contributed by atoms with E-state index >= 15 is 0 Å². The number of nitrogens with one attached hydrogen (secondary N) is 1. The Hall–Kier alpha value is -1.02. The van der Waals surface area contributed by atoms with Gasteiger partial charge in [0.25, 0.3) is 0 Å². The number of rotatable bonds is 3. The van der Waals surface area contributed by atoms with Crippen molar-refractivity contribution in [2.24, 2.45) is 0 Å². The molecule has 2 aromatic rings. The molecule has 0 saturated heterocycles. The van der Waals surface area contributed by atoms with Crippen LogP contribution in [0.1, 0.15) is 17.5 Å². The molecule has 1 aromatic carbocycles. The van der Waals surface area contributed by atoms with Gasteiger partial charge in [-0.2, -0.15) is 5.26 Å². The third-order valence-corrected chi connectivity index (χ3v) is 3.24. The highest BCUT2D eigenvalue weighted by Gasteiger charge is 2.03. The normalized spacial score (nSPS) is 10.4. The third kappa shape index (κ3) is 2.15. The summed E-state index contributed by atoms with van der Waals surface area (Å²) in [7, 11) is 0. The third-order valence-electron chi connectivity index (χ3n) is 2.48. The Kier molecular flexibility index (Phi) is 3.27. The minimum Gasteiger partial charge on any atom is -0.361 e. The van der Waals surface area contributed by atoms with Gasteiger partial charge in [-0.3, -0.25) is 0 Å². The van der Waals surface area contributed by atoms with Crippen LogP contribution < -0.4 is 0 Å². The van der Waals surface area contributed by atoms with E-state index in [4.69, 9.17) is 5.26 Å². The summed E-state index contributed by atoms with van der Waals surface area (Å²) in [6.45, 7) is 0. The monoisotopic (exact) mass is 310 g/mol. The highest BCUT2D eigenvalue weighted by atomic mass is 127. The van der Waals surface area contributed by atoms with Crippen molar-refractivity contribution in [3.05, 3.63) is 35.5 Å². The Balaban J connectivity index is 2.43. The summed E-state index contributed by atoms with van der Waals surface area (Å²) in [4.78, 5) is 3.24. The molecule has 0 radical (unpaired) electrons. The first-order valence-corrected chi connectivity index (χ1v) is 6.44. The molecule has 0 aliphatic heterocycles. The summed E-state index contributed by atoms with van der Waals surface area (Å²) in [5.74, 6) is 0. The summed E-state index contributed by atoms with van der Waals surface area (Å²) in [6.07, 6.45) is 4.32. The number of alkyl halides is 1. The summed E-state index contributed by atoms with van der Waals surface area (Å²) in [5, 5.41) is 10.0. The maximum atomic E-state index is 8.84. The molecule has 0 saturated carbocycles. The van der Waals surface area contributed by atoms with Crippen LogP contribution in [0, 0.1) is 11.3 Å². The van der Waals surface area contributed by atoms with Crippen molar-refractivity contribution < 1.29 is 0 Å². The maximum Gasteiger partial charge on any atom is 0.0991 e. The van der Waals surface area contributed by atoms with Gasteiger partial charge in [-0.15, -0.1) is 0 Å². The lowest BCUT2D eigenvalue weighted by Crippen LogP contribution is -1.84. The summed E-state index contributed by atoms with van der Waals surface area (Å²) < 4.78 is 1.17. The lowest BCUT2D eigenvalue weighted by molar-refractivity contribution is 0.953. The van der Waals surface area contributed by atoms with Gasteiger partial charge in [0.15, 0.2) is 0 Å². The fourth-order valence-corrected chi connectivity index (χ4v) is 2.09. The van der Waals surface area contributed by atoms with E-state index < -0.39 is 0 Å². The molecule has 0 bridgehead atoms. The fraction of sp³-hybridized carbons (Fsp3) is 0.250. The smallest absolute Gasteiger partial charge is 0.0991 e. The number of nitriles is 1. The molecule has 0 fully saturated rings. The van der Waals surface area contributed by atoms with Crippen molar-refractivity contribution in [2.75, 3.05) is 4.43 Å². The van der Waals surface area contributed by atoms with Crippen LogP contribution in [-0.4, -0.2) is 9.41 Å². The lowest BCUT2D eigenvalue weighted by Gasteiger charge is -1.97. The zero-order valence-corrected chi connectivity index (χ0v) is 10.4. The lowest BCUT2D eigenvalue weighted by atomic mass is 10.1. The van der Waals surface area contributed by atoms with Crippen LogP contribution in [0.3, 0.4) is 0 Å². The molecule has 0 spiro atoms. The summed E-state index contributed by atoms with van der Waals surface area (Å²) >= 11 is 2.39. The molecule has 0 amide bonds. The molecular formula is C12H11IN2. The molecule has 76 valence electrons. The Labute approximate surface area is 102 Å². The van der Waals surface area contributed by atoms with Crippen molar-refractivity contribution in [2.45, 2.75) is 12.8 Å². The number of fused-ring (bicyclic) bond motifs is 1. The highest BCUT2D eigenvalue weighted by molar-refractivity contribution is 14.1. The number of H-pyrrole nitrogens is 1. The van der Waals surface area contributed by atoms with Crippen molar-refractivity contribution >= 4 is 33.5 Å². The van der Waals surface area contributed by atoms with Gasteiger partial charge in [0.2, 0.25) is 0 Å². The van der Waals surface area contributed by atoms with Gasteiger partial charge in [-0.1, -0.05) is 22.6 Å². The van der Waals surface area contributed by atoms with Crippen LogP contribution in [0.4, 0.5) is 0 Å². The van der Waals surface area contributed by atoms with Gasteiger partial charge in [0.05, 0.1) is 11.6 Å². The van der Waals surface area contributed by atoms with Gasteiger partial charge < -0.3 is 4.98 Å². The van der Waals surface area contributed by atoms with E-state index in [0.29, 0.717) is 0 Å². The number of hydrogen-bond acceptors (Lipinski definition) is 1. The molecule has 1 N–H and O–H groups in total. The second-order valence-corrected chi connectivity index (χ2v) is 4.56. The van der Waals surface area contributed by atoms with Crippen molar-refractivity contribution in [1.29, 1.82) is 5.26 Å². The number of halogens is 1. The van der Waals surface area contributed by atoms with E-state index in [2.05, 4.69) is 39.8 Å². The molecule has 1 heterocycles. The second-order valence-electron chi connectivity index (χ2n) is 3.48. The minimum atomic E-state index is 0.734. The standard InChI is InChI=1S/C12H11IN2/c13-5-1-2-10-8-15-12-4-3-9(7-14)6-11(10)12/h3-4,6,8,15H,1-2,5H2. The molecule has 0 aliphatic carbocycles. The quantitative estimate of drug-likeness (QED) is 0.685. The molecule has 1 aromatic heterocycles. The molecule has 0 unspecified atom stereocenters. The molecular weight excluding hydrogens is 299 g/mol. The molecule has 2 nitrogen and oxygen atoms in total. The summed E-state index contributed by atoms with van der Waals surface area (Å²) in [6, 6.07) is 7.97. The molecule has 15 heavy (non-hydrogen) atoms. The number of aryl methyl sites for hydroxylation is 1. The van der Waals surface area contributed by atoms with E-state index in [-0.39, 0.29) is 0 Å². The Morgan fingerprint density at radius 2 is 2.27 bits per heavy atom. The molecule has 0 atom stereocenters. The first kappa shape index (κ1) is 10.5. The van der Waals surface area contributed by atoms with Crippen LogP contribution in [0.2, 0.25) is 0 Å². The zero-order chi connectivity index (χ0) is 10.7. The van der Waals surface area contributed by atoms with Crippen LogP contribution in [0.5, 0.6) is 0 Å². The largest absolute Gasteiger partial charge is 0.361 e. The van der Waals surface area contributed by atoms with Crippen molar-refractivity contribution in [3.63, 3.8) is 0 Å². The predicted octanol–water partition coefficient (Wildman–Crippen LogP) is 3.41. The molecule has 0 aliphatic rings. The number of hydrogen-bond donors (Lipinski definition) is 1. The van der Waals surface area contributed by atoms with Gasteiger partial charge in [-0.25, -0.2) is 0 Å². The molecule has 3 heteroatoms. The number of aromatic amines is 1. The Bertz CT molecular complexity index is 508. The topological polar surface area (TPSA) is 39.6 Å². The van der Waals surface area contributed by atoms with Gasteiger partial charge in [0, 0.05) is 17.1 Å². The average molecular weight is 310 g/mol. The highest BCUT2D eigenvalue weighted by Crippen LogP contribution is 2.21. The first-order valence-electron chi connectivity index (χ1n) is 4.91. The first-order chi connectivity index (χ1) is 7.35. The molecule has 2 rings (SSSR count). The van der Waals surface area contributed by atoms with E-state index in [1.54, 1.807) is 0 Å². The van der Waals surface area contributed by atoms with Gasteiger partial charge in [-0.05, 0) is 41.0 Å². The van der Waals surface area contributed by atoms with E-state index in [0.717, 1.165) is 17.5 Å². The second kappa shape index (κ2) is 4.67. The van der Waals surface area contributed by atoms with E-state index in [1.165, 1.54) is 21.8 Å². The van der Waals surface area contributed by atoms with Crippen LogP contribution in [0.15, 0.2) is 24.4 Å². The Morgan fingerprint density at radius 3 is 3.00 bits per heavy atom. The predicted molar refractivity (Wildman–Crippen MR) is 70.2 cm³/mol. The number of nitrogens with zero attached hydrogens (tertiary/aromatic N) is 1. The fourth-order valence-electron chi connectivity index (χ4n) is 1.71. The Morgan fingerprint density at radius 1 is 1.40 bits per heavy atom. The van der Waals surface area contributed by atoms with Gasteiger partial charge in [0.1, 0.15) is 0 Å². The zero-order valence-electron chi connectivity index (χ0n) is 8.26. The van der Waals surface area contributed by atoms with E-state index in [9.17, 15) is 0 Å². The maximum absolute atomic E-state index is 8.84. The van der Waals surface area contributed by atoms with Crippen molar-refractivity contribution in [1.82, 2.24) is 4.98 Å². The number of benzene rings is 1. The summed E-state index contributed by atoms with van der Waals surface area (Å²) in [5.41, 5.74) is 3.18. The van der Waals surface area contributed by atoms with Crippen LogP contribution >= 0.6 is 22.6 Å². The van der Waals surface area contributed by atoms with Crippen molar-refractivity contribution in [3.8, 4) is 6.07 Å². The van der Waals surface area contributed by atoms with Crippen LogP contribution in [0.25, 0.3) is 10.9 Å².